The van der Waals surface area contributed by atoms with E-state index < -0.39 is 0 Å². The van der Waals surface area contributed by atoms with Crippen molar-refractivity contribution >= 4 is 55.6 Å². The fourth-order valence-corrected chi connectivity index (χ4v) is 6.12. The Balaban J connectivity index is 1.18. The summed E-state index contributed by atoms with van der Waals surface area (Å²) in [6.45, 7) is 10.3. The summed E-state index contributed by atoms with van der Waals surface area (Å²) in [5, 5.41) is 7.61. The zero-order chi connectivity index (χ0) is 35.9. The quantitative estimate of drug-likeness (QED) is 0.124. The lowest BCUT2D eigenvalue weighted by molar-refractivity contribution is 0.0937. The van der Waals surface area contributed by atoms with Crippen LogP contribution in [0.3, 0.4) is 0 Å². The van der Waals surface area contributed by atoms with E-state index in [4.69, 9.17) is 14.5 Å². The van der Waals surface area contributed by atoms with Crippen molar-refractivity contribution in [3.8, 4) is 11.5 Å². The number of rotatable bonds is 13. The van der Waals surface area contributed by atoms with Gasteiger partial charge in [-0.15, -0.1) is 0 Å². The monoisotopic (exact) mass is 744 g/mol. The number of para-hydroxylation sites is 2. The molecule has 1 unspecified atom stereocenters. The number of amides is 2. The number of benzene rings is 2. The van der Waals surface area contributed by atoms with Crippen molar-refractivity contribution in [3.63, 3.8) is 0 Å². The third-order valence-corrected chi connectivity index (χ3v) is 8.68. The minimum atomic E-state index is -0.316. The maximum absolute atomic E-state index is 13.5. The molecule has 2 aromatic carbocycles. The van der Waals surface area contributed by atoms with Crippen molar-refractivity contribution in [2.45, 2.75) is 52.5 Å². The second-order valence-corrected chi connectivity index (χ2v) is 13.1. The van der Waals surface area contributed by atoms with E-state index in [2.05, 4.69) is 48.1 Å². The molecule has 10 nitrogen and oxygen atoms in total. The second-order valence-electron chi connectivity index (χ2n) is 12.3. The summed E-state index contributed by atoms with van der Waals surface area (Å²) >= 11 is 3.46. The highest BCUT2D eigenvalue weighted by molar-refractivity contribution is 9.10. The largest absolute Gasteiger partial charge is 0.491 e. The van der Waals surface area contributed by atoms with Crippen molar-refractivity contribution in [1.29, 1.82) is 0 Å². The zero-order valence-corrected chi connectivity index (χ0v) is 30.1. The van der Waals surface area contributed by atoms with Gasteiger partial charge in [0.1, 0.15) is 22.9 Å². The smallest absolute Gasteiger partial charge is 0.270 e. The van der Waals surface area contributed by atoms with Crippen LogP contribution in [0.2, 0.25) is 0 Å². The molecule has 2 amide bonds. The molecule has 0 aliphatic heterocycles. The van der Waals surface area contributed by atoms with Crippen molar-refractivity contribution in [3.05, 3.63) is 136 Å². The summed E-state index contributed by atoms with van der Waals surface area (Å²) in [6.07, 6.45) is 8.60. The number of hydrogen-bond donors (Lipinski definition) is 2. The minimum absolute atomic E-state index is 0.00101. The van der Waals surface area contributed by atoms with Gasteiger partial charge in [-0.25, -0.2) is 9.97 Å². The Morgan fingerprint density at radius 1 is 0.765 bits per heavy atom. The average Bonchev–Trinajstić information content (AvgIpc) is 3.13. The summed E-state index contributed by atoms with van der Waals surface area (Å²) in [4.78, 5) is 44.5. The lowest BCUT2D eigenvalue weighted by Crippen LogP contribution is -2.25. The van der Waals surface area contributed by atoms with Crippen LogP contribution in [0.15, 0.2) is 103 Å². The van der Waals surface area contributed by atoms with Gasteiger partial charge in [0, 0.05) is 71.8 Å². The SMILES string of the molecule is C=Cc1cncc2c(CC(C)Oc3ccccc3CNC(=O)c3ccc4cncc(Br)c4n3)cc(C(=O)NCc3ccccc3OC(C)C)nc12. The summed E-state index contributed by atoms with van der Waals surface area (Å²) in [5.74, 6) is 0.735. The first-order valence-corrected chi connectivity index (χ1v) is 17.3. The Labute approximate surface area is 304 Å². The normalized spacial score (nSPS) is 11.7. The van der Waals surface area contributed by atoms with Gasteiger partial charge in [0.25, 0.3) is 11.8 Å². The summed E-state index contributed by atoms with van der Waals surface area (Å²) in [6, 6.07) is 20.5. The van der Waals surface area contributed by atoms with E-state index in [1.54, 1.807) is 43.0 Å². The predicted octanol–water partition coefficient (Wildman–Crippen LogP) is 7.64. The highest BCUT2D eigenvalue weighted by Crippen LogP contribution is 2.27. The van der Waals surface area contributed by atoms with E-state index in [0.29, 0.717) is 33.4 Å². The topological polar surface area (TPSA) is 128 Å². The molecule has 4 aromatic heterocycles. The van der Waals surface area contributed by atoms with Gasteiger partial charge in [0.05, 0.1) is 27.7 Å². The summed E-state index contributed by atoms with van der Waals surface area (Å²) in [5.41, 5.74) is 5.11. The van der Waals surface area contributed by atoms with E-state index >= 15 is 0 Å². The Bertz CT molecular complexity index is 2240. The van der Waals surface area contributed by atoms with Crippen molar-refractivity contribution < 1.29 is 19.1 Å². The standard InChI is InChI=1S/C40H37BrN6O4/c1-5-26-18-42-22-31-30(17-34(47-37(26)31)40(49)45-20-27-10-6-8-12-35(27)50-24(2)3)16-25(4)51-36-13-9-7-11-28(36)21-44-39(48)33-15-14-29-19-43-23-32(41)38(29)46-33/h5-15,17-19,22-25H,1,16,20-21H2,2-4H3,(H,44,48)(H,45,49). The molecule has 11 heteroatoms. The molecule has 0 saturated heterocycles. The molecule has 2 N–H and O–H groups in total. The number of pyridine rings is 4. The molecule has 0 bridgehead atoms. The van der Waals surface area contributed by atoms with Gasteiger partial charge < -0.3 is 20.1 Å². The molecule has 0 aliphatic carbocycles. The number of ether oxygens (including phenoxy) is 2. The maximum atomic E-state index is 13.5. The van der Waals surface area contributed by atoms with Crippen LogP contribution in [0.25, 0.3) is 27.9 Å². The molecule has 0 saturated carbocycles. The highest BCUT2D eigenvalue weighted by atomic mass is 79.9. The molecule has 0 spiro atoms. The first-order chi connectivity index (χ1) is 24.7. The van der Waals surface area contributed by atoms with Gasteiger partial charge in [-0.3, -0.25) is 19.6 Å². The minimum Gasteiger partial charge on any atom is -0.491 e. The number of aromatic nitrogens is 4. The fourth-order valence-electron chi connectivity index (χ4n) is 5.68. The molecule has 0 fully saturated rings. The van der Waals surface area contributed by atoms with Gasteiger partial charge in [0.15, 0.2) is 0 Å². The first-order valence-electron chi connectivity index (χ1n) is 16.6. The Morgan fingerprint density at radius 2 is 1.39 bits per heavy atom. The van der Waals surface area contributed by atoms with Crippen LogP contribution in [0, 0.1) is 0 Å². The van der Waals surface area contributed by atoms with Crippen molar-refractivity contribution in [2.75, 3.05) is 0 Å². The molecule has 1 atom stereocenters. The number of nitrogens with one attached hydrogen (secondary N) is 2. The molecule has 4 heterocycles. The predicted molar refractivity (Wildman–Crippen MR) is 202 cm³/mol. The lowest BCUT2D eigenvalue weighted by atomic mass is 10.0. The highest BCUT2D eigenvalue weighted by Gasteiger charge is 2.19. The summed E-state index contributed by atoms with van der Waals surface area (Å²) in [7, 11) is 0. The Morgan fingerprint density at radius 3 is 2.08 bits per heavy atom. The van der Waals surface area contributed by atoms with Crippen molar-refractivity contribution in [2.24, 2.45) is 0 Å². The number of halogens is 1. The van der Waals surface area contributed by atoms with Crippen LogP contribution >= 0.6 is 15.9 Å². The van der Waals surface area contributed by atoms with Gasteiger partial charge >= 0.3 is 0 Å². The van der Waals surface area contributed by atoms with Gasteiger partial charge in [-0.1, -0.05) is 49.1 Å². The number of hydrogen-bond acceptors (Lipinski definition) is 8. The fraction of sp³-hybridized carbons (Fsp3) is 0.200. The van der Waals surface area contributed by atoms with Crippen LogP contribution < -0.4 is 20.1 Å². The van der Waals surface area contributed by atoms with Crippen LogP contribution in [-0.2, 0) is 19.5 Å². The van der Waals surface area contributed by atoms with Gasteiger partial charge in [-0.05, 0) is 72.6 Å². The molecular weight excluding hydrogens is 708 g/mol. The molecule has 6 aromatic rings. The van der Waals surface area contributed by atoms with Crippen LogP contribution in [-0.4, -0.2) is 44.0 Å². The van der Waals surface area contributed by atoms with Crippen LogP contribution in [0.5, 0.6) is 11.5 Å². The molecule has 0 aliphatic rings. The third kappa shape index (κ3) is 8.38. The zero-order valence-electron chi connectivity index (χ0n) is 28.5. The molecule has 6 rings (SSSR count). The van der Waals surface area contributed by atoms with E-state index in [-0.39, 0.29) is 42.8 Å². The number of carbonyl (C=O) groups excluding carboxylic acids is 2. The Kier molecular flexibility index (Phi) is 11.0. The van der Waals surface area contributed by atoms with Gasteiger partial charge in [-0.2, -0.15) is 0 Å². The molecule has 0 radical (unpaired) electrons. The Hall–Kier alpha value is -5.68. The number of fused-ring (bicyclic) bond motifs is 2. The first kappa shape index (κ1) is 35.2. The van der Waals surface area contributed by atoms with E-state index in [9.17, 15) is 9.59 Å². The average molecular weight is 746 g/mol. The van der Waals surface area contributed by atoms with Crippen molar-refractivity contribution in [1.82, 2.24) is 30.6 Å². The van der Waals surface area contributed by atoms with E-state index in [1.807, 2.05) is 75.4 Å². The van der Waals surface area contributed by atoms with E-state index in [0.717, 1.165) is 38.8 Å². The molecular formula is C40H37BrN6O4. The van der Waals surface area contributed by atoms with E-state index in [1.165, 1.54) is 0 Å². The molecule has 258 valence electrons. The van der Waals surface area contributed by atoms with Crippen LogP contribution in [0.1, 0.15) is 64.0 Å². The maximum Gasteiger partial charge on any atom is 0.270 e. The summed E-state index contributed by atoms with van der Waals surface area (Å²) < 4.78 is 13.1. The number of nitrogens with zero attached hydrogens (tertiary/aromatic N) is 4. The second kappa shape index (κ2) is 15.9. The van der Waals surface area contributed by atoms with Gasteiger partial charge in [0.2, 0.25) is 0 Å². The molecule has 51 heavy (non-hydrogen) atoms. The van der Waals surface area contributed by atoms with Crippen LogP contribution in [0.4, 0.5) is 0 Å². The number of carbonyl (C=O) groups is 2. The lowest BCUT2D eigenvalue weighted by Gasteiger charge is -2.19. The third-order valence-electron chi connectivity index (χ3n) is 8.10.